The maximum atomic E-state index is 9.24. The number of rotatable bonds is 2. The molecule has 1 aromatic carbocycles. The average Bonchev–Trinajstić information content (AvgIpc) is 2.75. The van der Waals surface area contributed by atoms with Crippen LogP contribution in [0.3, 0.4) is 0 Å². The summed E-state index contributed by atoms with van der Waals surface area (Å²) in [7, 11) is 0. The van der Waals surface area contributed by atoms with Gasteiger partial charge in [0.2, 0.25) is 11.7 Å². The molecular formula is C13H14N2O2. The molecule has 0 atom stereocenters. The number of aliphatic hydroxyl groups is 1. The van der Waals surface area contributed by atoms with Crippen molar-refractivity contribution in [1.29, 1.82) is 0 Å². The third-order valence-electron chi connectivity index (χ3n) is 3.21. The van der Waals surface area contributed by atoms with Crippen LogP contribution >= 0.6 is 0 Å². The summed E-state index contributed by atoms with van der Waals surface area (Å²) < 4.78 is 5.23. The third-order valence-corrected chi connectivity index (χ3v) is 3.21. The molecule has 1 aliphatic rings. The first-order valence-corrected chi connectivity index (χ1v) is 5.81. The van der Waals surface area contributed by atoms with Crippen LogP contribution in [0.15, 0.2) is 28.8 Å². The van der Waals surface area contributed by atoms with Gasteiger partial charge in [0.15, 0.2) is 0 Å². The fourth-order valence-electron chi connectivity index (χ4n) is 2.01. The summed E-state index contributed by atoms with van der Waals surface area (Å²) in [6.07, 6.45) is 1.26. The lowest BCUT2D eigenvalue weighted by Crippen LogP contribution is -2.26. The quantitative estimate of drug-likeness (QED) is 0.859. The molecule has 88 valence electrons. The standard InChI is InChI=1S/C13H14N2O2/c1-8-2-4-9(5-3-8)12-14-13(17-15-12)10-6-11(16)7-10/h2-5,10-11,16H,6-7H2,1H3. The molecule has 4 nitrogen and oxygen atoms in total. The van der Waals surface area contributed by atoms with Crippen LogP contribution < -0.4 is 0 Å². The van der Waals surface area contributed by atoms with E-state index in [0.29, 0.717) is 11.7 Å². The van der Waals surface area contributed by atoms with E-state index < -0.39 is 0 Å². The van der Waals surface area contributed by atoms with Gasteiger partial charge in [0.1, 0.15) is 0 Å². The van der Waals surface area contributed by atoms with E-state index in [1.54, 1.807) is 0 Å². The molecule has 0 amide bonds. The molecule has 0 spiro atoms. The van der Waals surface area contributed by atoms with Gasteiger partial charge in [-0.3, -0.25) is 0 Å². The van der Waals surface area contributed by atoms with Crippen molar-refractivity contribution >= 4 is 0 Å². The number of benzene rings is 1. The minimum atomic E-state index is -0.199. The van der Waals surface area contributed by atoms with Gasteiger partial charge >= 0.3 is 0 Å². The van der Waals surface area contributed by atoms with Crippen molar-refractivity contribution in [2.24, 2.45) is 0 Å². The molecule has 17 heavy (non-hydrogen) atoms. The summed E-state index contributed by atoms with van der Waals surface area (Å²) in [6.45, 7) is 2.04. The van der Waals surface area contributed by atoms with Gasteiger partial charge in [-0.2, -0.15) is 4.98 Å². The first-order valence-electron chi connectivity index (χ1n) is 5.81. The minimum Gasteiger partial charge on any atom is -0.393 e. The number of hydrogen-bond donors (Lipinski definition) is 1. The van der Waals surface area contributed by atoms with E-state index in [1.165, 1.54) is 5.56 Å². The molecule has 0 unspecified atom stereocenters. The summed E-state index contributed by atoms with van der Waals surface area (Å²) in [5.74, 6) is 1.50. The Bertz CT molecular complexity index is 512. The second-order valence-electron chi connectivity index (χ2n) is 4.64. The highest BCUT2D eigenvalue weighted by Gasteiger charge is 2.33. The van der Waals surface area contributed by atoms with Gasteiger partial charge in [-0.1, -0.05) is 35.0 Å². The maximum Gasteiger partial charge on any atom is 0.230 e. The number of hydrogen-bond acceptors (Lipinski definition) is 4. The largest absolute Gasteiger partial charge is 0.393 e. The summed E-state index contributed by atoms with van der Waals surface area (Å²) >= 11 is 0. The van der Waals surface area contributed by atoms with Crippen molar-refractivity contribution in [2.45, 2.75) is 31.8 Å². The van der Waals surface area contributed by atoms with E-state index in [0.717, 1.165) is 18.4 Å². The second-order valence-corrected chi connectivity index (χ2v) is 4.64. The highest BCUT2D eigenvalue weighted by Crippen LogP contribution is 2.36. The van der Waals surface area contributed by atoms with Crippen molar-refractivity contribution in [3.63, 3.8) is 0 Å². The van der Waals surface area contributed by atoms with Crippen LogP contribution in [0.1, 0.15) is 30.2 Å². The molecule has 3 rings (SSSR count). The molecular weight excluding hydrogens is 216 g/mol. The molecule has 1 heterocycles. The van der Waals surface area contributed by atoms with Crippen LogP contribution in [0.25, 0.3) is 11.4 Å². The zero-order valence-electron chi connectivity index (χ0n) is 9.63. The predicted molar refractivity (Wildman–Crippen MR) is 62.5 cm³/mol. The summed E-state index contributed by atoms with van der Waals surface area (Å²) in [6, 6.07) is 8.02. The van der Waals surface area contributed by atoms with E-state index in [4.69, 9.17) is 4.52 Å². The Balaban J connectivity index is 1.82. The van der Waals surface area contributed by atoms with Crippen molar-refractivity contribution in [3.8, 4) is 11.4 Å². The van der Waals surface area contributed by atoms with Crippen molar-refractivity contribution < 1.29 is 9.63 Å². The smallest absolute Gasteiger partial charge is 0.230 e. The molecule has 4 heteroatoms. The van der Waals surface area contributed by atoms with E-state index in [1.807, 2.05) is 31.2 Å². The molecule has 0 radical (unpaired) electrons. The van der Waals surface area contributed by atoms with Crippen LogP contribution in [0, 0.1) is 6.92 Å². The zero-order valence-corrected chi connectivity index (χ0v) is 9.63. The molecule has 0 saturated heterocycles. The summed E-state index contributed by atoms with van der Waals surface area (Å²) in [5.41, 5.74) is 2.17. The molecule has 1 saturated carbocycles. The Morgan fingerprint density at radius 2 is 1.94 bits per heavy atom. The number of aryl methyl sites for hydroxylation is 1. The van der Waals surface area contributed by atoms with Crippen LogP contribution in [0.2, 0.25) is 0 Å². The van der Waals surface area contributed by atoms with Crippen LogP contribution in [-0.2, 0) is 0 Å². The normalized spacial score (nSPS) is 23.4. The molecule has 1 N–H and O–H groups in total. The van der Waals surface area contributed by atoms with Crippen molar-refractivity contribution in [3.05, 3.63) is 35.7 Å². The van der Waals surface area contributed by atoms with Gasteiger partial charge in [0.05, 0.1) is 6.10 Å². The molecule has 1 aromatic heterocycles. The number of aromatic nitrogens is 2. The first-order chi connectivity index (χ1) is 8.22. The minimum absolute atomic E-state index is 0.199. The maximum absolute atomic E-state index is 9.24. The lowest BCUT2D eigenvalue weighted by Gasteiger charge is -2.27. The molecule has 0 bridgehead atoms. The van der Waals surface area contributed by atoms with Gasteiger partial charge in [0, 0.05) is 11.5 Å². The topological polar surface area (TPSA) is 59.2 Å². The van der Waals surface area contributed by atoms with Crippen LogP contribution in [0.5, 0.6) is 0 Å². The Morgan fingerprint density at radius 1 is 1.24 bits per heavy atom. The van der Waals surface area contributed by atoms with E-state index >= 15 is 0 Å². The predicted octanol–water partition coefficient (Wildman–Crippen LogP) is 2.28. The average molecular weight is 230 g/mol. The highest BCUT2D eigenvalue weighted by atomic mass is 16.5. The molecule has 1 fully saturated rings. The SMILES string of the molecule is Cc1ccc(-c2noc(C3CC(O)C3)n2)cc1. The monoisotopic (exact) mass is 230 g/mol. The highest BCUT2D eigenvalue weighted by molar-refractivity contribution is 5.54. The van der Waals surface area contributed by atoms with E-state index in [2.05, 4.69) is 10.1 Å². The Kier molecular flexibility index (Phi) is 2.44. The fraction of sp³-hybridized carbons (Fsp3) is 0.385. The van der Waals surface area contributed by atoms with Crippen molar-refractivity contribution in [2.75, 3.05) is 0 Å². The molecule has 2 aromatic rings. The van der Waals surface area contributed by atoms with Gasteiger partial charge in [-0.25, -0.2) is 0 Å². The molecule has 1 aliphatic carbocycles. The van der Waals surface area contributed by atoms with Crippen molar-refractivity contribution in [1.82, 2.24) is 10.1 Å². The number of aliphatic hydroxyl groups excluding tert-OH is 1. The lowest BCUT2D eigenvalue weighted by atomic mass is 9.82. The van der Waals surface area contributed by atoms with Crippen LogP contribution in [0.4, 0.5) is 0 Å². The van der Waals surface area contributed by atoms with Crippen LogP contribution in [-0.4, -0.2) is 21.4 Å². The Labute approximate surface area is 99.3 Å². The lowest BCUT2D eigenvalue weighted by molar-refractivity contribution is 0.0625. The van der Waals surface area contributed by atoms with E-state index in [9.17, 15) is 5.11 Å². The summed E-state index contributed by atoms with van der Waals surface area (Å²) in [5, 5.41) is 13.2. The summed E-state index contributed by atoms with van der Waals surface area (Å²) in [4.78, 5) is 4.38. The Hall–Kier alpha value is -1.68. The van der Waals surface area contributed by atoms with Gasteiger partial charge in [0.25, 0.3) is 0 Å². The van der Waals surface area contributed by atoms with Gasteiger partial charge in [-0.15, -0.1) is 0 Å². The Morgan fingerprint density at radius 3 is 2.59 bits per heavy atom. The van der Waals surface area contributed by atoms with E-state index in [-0.39, 0.29) is 12.0 Å². The molecule has 0 aliphatic heterocycles. The third kappa shape index (κ3) is 1.96. The fourth-order valence-corrected chi connectivity index (χ4v) is 2.01. The first kappa shape index (κ1) is 10.5. The second kappa shape index (κ2) is 3.96. The van der Waals surface area contributed by atoms with Gasteiger partial charge in [-0.05, 0) is 19.8 Å². The number of nitrogens with zero attached hydrogens (tertiary/aromatic N) is 2. The zero-order chi connectivity index (χ0) is 11.8. The van der Waals surface area contributed by atoms with Gasteiger partial charge < -0.3 is 9.63 Å².